The van der Waals surface area contributed by atoms with Crippen molar-refractivity contribution in [2.45, 2.75) is 24.1 Å². The van der Waals surface area contributed by atoms with Gasteiger partial charge in [0.2, 0.25) is 11.5 Å². The van der Waals surface area contributed by atoms with Gasteiger partial charge in [0.1, 0.15) is 5.92 Å². The van der Waals surface area contributed by atoms with Crippen LogP contribution in [0.25, 0.3) is 0 Å². The van der Waals surface area contributed by atoms with Gasteiger partial charge in [0, 0.05) is 0 Å². The average molecular weight is 356 g/mol. The quantitative estimate of drug-likeness (QED) is 0.710. The van der Waals surface area contributed by atoms with Crippen LogP contribution in [0, 0.1) is 5.92 Å². The van der Waals surface area contributed by atoms with Crippen molar-refractivity contribution in [3.63, 3.8) is 0 Å². The van der Waals surface area contributed by atoms with Crippen molar-refractivity contribution in [3.8, 4) is 0 Å². The number of benzene rings is 1. The Bertz CT molecular complexity index is 645. The normalized spacial score (nSPS) is 28.0. The molecule has 24 heavy (non-hydrogen) atoms. The van der Waals surface area contributed by atoms with Crippen molar-refractivity contribution >= 4 is 11.8 Å². The molecular formula is C13H10F6N2O3. The number of amides is 2. The molecule has 3 N–H and O–H groups in total. The summed E-state index contributed by atoms with van der Waals surface area (Å²) in [4.78, 5) is 23.0. The summed E-state index contributed by atoms with van der Waals surface area (Å²) in [7, 11) is 0. The lowest BCUT2D eigenvalue weighted by Gasteiger charge is -2.45. The minimum Gasteiger partial charge on any atom is -0.363 e. The van der Waals surface area contributed by atoms with Crippen LogP contribution in [0.4, 0.5) is 31.1 Å². The molecule has 5 nitrogen and oxygen atoms in total. The van der Waals surface area contributed by atoms with Gasteiger partial charge in [-0.1, -0.05) is 30.3 Å². The van der Waals surface area contributed by atoms with E-state index in [2.05, 4.69) is 0 Å². The molecule has 0 aliphatic carbocycles. The molecule has 1 aromatic rings. The fourth-order valence-corrected chi connectivity index (χ4v) is 2.45. The van der Waals surface area contributed by atoms with Crippen LogP contribution < -0.4 is 10.6 Å². The second-order valence-corrected chi connectivity index (χ2v) is 5.09. The van der Waals surface area contributed by atoms with Gasteiger partial charge >= 0.3 is 18.4 Å². The minimum atomic E-state index is -5.72. The lowest BCUT2D eigenvalue weighted by atomic mass is 9.79. The van der Waals surface area contributed by atoms with E-state index >= 15 is 0 Å². The van der Waals surface area contributed by atoms with E-state index in [1.54, 1.807) is 0 Å². The number of Topliss-reactive ketones (excluding diaryl/α,β-unsaturated/α-hetero) is 1. The number of carbonyl (C=O) groups excluding carboxylic acids is 2. The van der Waals surface area contributed by atoms with E-state index in [0.717, 1.165) is 17.4 Å². The molecule has 2 rings (SSSR count). The second-order valence-electron chi connectivity index (χ2n) is 5.09. The summed E-state index contributed by atoms with van der Waals surface area (Å²) in [6.07, 6.45) is -11.4. The van der Waals surface area contributed by atoms with Crippen LogP contribution >= 0.6 is 0 Å². The van der Waals surface area contributed by atoms with E-state index in [1.165, 1.54) is 18.2 Å². The molecule has 0 aromatic heterocycles. The molecule has 1 aliphatic heterocycles. The molecule has 0 spiro atoms. The summed E-state index contributed by atoms with van der Waals surface area (Å²) in [5, 5.41) is 12.6. The second kappa shape index (κ2) is 5.65. The Hall–Kier alpha value is -2.30. The molecule has 1 heterocycles. The van der Waals surface area contributed by atoms with Gasteiger partial charge in [0.15, 0.2) is 0 Å². The summed E-state index contributed by atoms with van der Waals surface area (Å²) in [5.74, 6) is -5.87. The molecular weight excluding hydrogens is 346 g/mol. The Morgan fingerprint density at radius 1 is 1.08 bits per heavy atom. The van der Waals surface area contributed by atoms with Crippen LogP contribution in [0.15, 0.2) is 30.3 Å². The van der Waals surface area contributed by atoms with Crippen LogP contribution in [0.1, 0.15) is 11.6 Å². The Labute approximate surface area is 130 Å². The van der Waals surface area contributed by atoms with E-state index in [1.807, 2.05) is 5.32 Å². The topological polar surface area (TPSA) is 78.4 Å². The predicted octanol–water partition coefficient (Wildman–Crippen LogP) is 2.04. The highest BCUT2D eigenvalue weighted by molar-refractivity contribution is 5.91. The minimum absolute atomic E-state index is 0.197. The molecule has 132 valence electrons. The molecule has 1 aromatic carbocycles. The summed E-state index contributed by atoms with van der Waals surface area (Å²) in [6.45, 7) is 0. The van der Waals surface area contributed by atoms with E-state index in [4.69, 9.17) is 0 Å². The first-order valence-electron chi connectivity index (χ1n) is 6.41. The molecule has 1 fully saturated rings. The van der Waals surface area contributed by atoms with Gasteiger partial charge in [-0.2, -0.15) is 26.3 Å². The van der Waals surface area contributed by atoms with Crippen molar-refractivity contribution in [1.29, 1.82) is 0 Å². The molecule has 0 radical (unpaired) electrons. The van der Waals surface area contributed by atoms with E-state index in [-0.39, 0.29) is 5.56 Å². The number of urea groups is 1. The van der Waals surface area contributed by atoms with Gasteiger partial charge in [-0.15, -0.1) is 0 Å². The Kier molecular flexibility index (Phi) is 4.25. The molecule has 11 heteroatoms. The largest absolute Gasteiger partial charge is 0.450 e. The van der Waals surface area contributed by atoms with Crippen molar-refractivity contribution in [2.24, 2.45) is 5.92 Å². The van der Waals surface area contributed by atoms with Crippen molar-refractivity contribution in [1.82, 2.24) is 10.6 Å². The van der Waals surface area contributed by atoms with Gasteiger partial charge < -0.3 is 15.7 Å². The molecule has 2 amide bonds. The van der Waals surface area contributed by atoms with E-state index in [0.29, 0.717) is 0 Å². The number of ketones is 1. The number of rotatable bonds is 2. The van der Waals surface area contributed by atoms with Gasteiger partial charge in [0.05, 0.1) is 6.04 Å². The number of alkyl halides is 6. The van der Waals surface area contributed by atoms with Crippen LogP contribution in [-0.2, 0) is 4.79 Å². The Morgan fingerprint density at radius 3 is 2.08 bits per heavy atom. The fourth-order valence-electron chi connectivity index (χ4n) is 2.45. The van der Waals surface area contributed by atoms with Crippen molar-refractivity contribution < 1.29 is 41.0 Å². The Morgan fingerprint density at radius 2 is 1.62 bits per heavy atom. The van der Waals surface area contributed by atoms with Crippen molar-refractivity contribution in [2.75, 3.05) is 0 Å². The van der Waals surface area contributed by atoms with E-state index < -0.39 is 41.9 Å². The average Bonchev–Trinajstić information content (AvgIpc) is 2.44. The summed E-state index contributed by atoms with van der Waals surface area (Å²) >= 11 is 0. The SMILES string of the molecule is O=C1NC(c2ccccc2)C(C(=O)C(F)(F)F)C(O)(C(F)(F)F)N1. The third-order valence-corrected chi connectivity index (χ3v) is 3.53. The lowest BCUT2D eigenvalue weighted by molar-refractivity contribution is -0.295. The number of halogens is 6. The predicted molar refractivity (Wildman–Crippen MR) is 66.4 cm³/mol. The molecule has 1 aliphatic rings. The highest BCUT2D eigenvalue weighted by atomic mass is 19.4. The zero-order valence-electron chi connectivity index (χ0n) is 11.6. The van der Waals surface area contributed by atoms with Crippen molar-refractivity contribution in [3.05, 3.63) is 35.9 Å². The maximum absolute atomic E-state index is 13.2. The standard InChI is InChI=1S/C13H10F6N2O3/c14-12(15,16)9(22)7-8(6-4-2-1-3-5-6)20-10(23)21-11(7,24)13(17,18)19/h1-5,7-8,24H,(H2,20,21,23). The van der Waals surface area contributed by atoms with Crippen LogP contribution in [0.3, 0.4) is 0 Å². The first-order chi connectivity index (χ1) is 10.9. The molecule has 1 saturated heterocycles. The number of hydrogen-bond donors (Lipinski definition) is 3. The summed E-state index contributed by atoms with van der Waals surface area (Å²) in [6, 6.07) is 2.70. The van der Waals surface area contributed by atoms with Crippen LogP contribution in [-0.4, -0.2) is 35.0 Å². The van der Waals surface area contributed by atoms with Crippen LogP contribution in [0.5, 0.6) is 0 Å². The molecule has 0 bridgehead atoms. The highest BCUT2D eigenvalue weighted by Gasteiger charge is 2.69. The Balaban J connectivity index is 2.63. The number of aliphatic hydroxyl groups is 1. The summed E-state index contributed by atoms with van der Waals surface area (Å²) < 4.78 is 77.9. The molecule has 3 unspecified atom stereocenters. The zero-order valence-corrected chi connectivity index (χ0v) is 11.6. The third kappa shape index (κ3) is 3.03. The fraction of sp³-hybridized carbons (Fsp3) is 0.385. The summed E-state index contributed by atoms with van der Waals surface area (Å²) in [5.41, 5.74) is -4.57. The van der Waals surface area contributed by atoms with Gasteiger partial charge in [0.25, 0.3) is 0 Å². The molecule has 3 atom stereocenters. The number of carbonyl (C=O) groups is 2. The maximum atomic E-state index is 13.2. The first-order valence-corrected chi connectivity index (χ1v) is 6.41. The monoisotopic (exact) mass is 356 g/mol. The zero-order chi connectivity index (χ0) is 18.3. The number of hydrogen-bond acceptors (Lipinski definition) is 3. The first kappa shape index (κ1) is 18.0. The third-order valence-electron chi connectivity index (χ3n) is 3.53. The van der Waals surface area contributed by atoms with Gasteiger partial charge in [-0.05, 0) is 5.56 Å². The highest BCUT2D eigenvalue weighted by Crippen LogP contribution is 2.45. The maximum Gasteiger partial charge on any atom is 0.450 e. The number of nitrogens with one attached hydrogen (secondary N) is 2. The molecule has 0 saturated carbocycles. The smallest absolute Gasteiger partial charge is 0.363 e. The van der Waals surface area contributed by atoms with Gasteiger partial charge in [-0.3, -0.25) is 4.79 Å². The lowest BCUT2D eigenvalue weighted by Crippen LogP contribution is -2.73. The van der Waals surface area contributed by atoms with Crippen LogP contribution in [0.2, 0.25) is 0 Å². The van der Waals surface area contributed by atoms with Gasteiger partial charge in [-0.25, -0.2) is 4.79 Å². The van der Waals surface area contributed by atoms with E-state index in [9.17, 15) is 41.0 Å².